The molecule has 0 amide bonds. The third kappa shape index (κ3) is 6.28. The number of hydrogen-bond acceptors (Lipinski definition) is 3. The molecule has 1 aromatic carbocycles. The van der Waals surface area contributed by atoms with Crippen LogP contribution in [0, 0.1) is 17.8 Å². The summed E-state index contributed by atoms with van der Waals surface area (Å²) in [6.07, 6.45) is 5.94. The highest BCUT2D eigenvalue weighted by atomic mass is 16.5. The van der Waals surface area contributed by atoms with Crippen LogP contribution in [0.15, 0.2) is 24.3 Å². The molecule has 0 aromatic heterocycles. The van der Waals surface area contributed by atoms with E-state index in [1.54, 1.807) is 0 Å². The van der Waals surface area contributed by atoms with Gasteiger partial charge in [-0.2, -0.15) is 0 Å². The Labute approximate surface area is 116 Å². The van der Waals surface area contributed by atoms with E-state index in [9.17, 15) is 0 Å². The first kappa shape index (κ1) is 15.6. The van der Waals surface area contributed by atoms with Gasteiger partial charge in [-0.15, -0.1) is 6.42 Å². The summed E-state index contributed by atoms with van der Waals surface area (Å²) in [5, 5.41) is 12.4. The van der Waals surface area contributed by atoms with Crippen LogP contribution >= 0.6 is 0 Å². The fourth-order valence-corrected chi connectivity index (χ4v) is 1.76. The van der Waals surface area contributed by atoms with Crippen molar-refractivity contribution in [2.24, 2.45) is 5.41 Å². The molecule has 0 bridgehead atoms. The van der Waals surface area contributed by atoms with Crippen molar-refractivity contribution in [1.82, 2.24) is 5.32 Å². The Kier molecular flexibility index (Phi) is 6.41. The lowest BCUT2D eigenvalue weighted by Gasteiger charge is -2.24. The van der Waals surface area contributed by atoms with Crippen molar-refractivity contribution in [3.05, 3.63) is 29.8 Å². The number of aliphatic hydroxyl groups excluding tert-OH is 1. The topological polar surface area (TPSA) is 41.5 Å². The van der Waals surface area contributed by atoms with Crippen LogP contribution in [0.25, 0.3) is 0 Å². The van der Waals surface area contributed by atoms with Crippen LogP contribution in [-0.4, -0.2) is 24.9 Å². The second-order valence-electron chi connectivity index (χ2n) is 5.38. The third-order valence-corrected chi connectivity index (χ3v) is 2.97. The fraction of sp³-hybridized carbons (Fsp3) is 0.500. The van der Waals surface area contributed by atoms with Gasteiger partial charge in [0.2, 0.25) is 0 Å². The zero-order chi connectivity index (χ0) is 14.1. The predicted octanol–water partition coefficient (Wildman–Crippen LogP) is 2.20. The molecule has 0 saturated heterocycles. The van der Waals surface area contributed by atoms with Gasteiger partial charge in [-0.05, 0) is 29.5 Å². The molecule has 3 heteroatoms. The summed E-state index contributed by atoms with van der Waals surface area (Å²) >= 11 is 0. The zero-order valence-corrected chi connectivity index (χ0v) is 11.8. The highest BCUT2D eigenvalue weighted by molar-refractivity contribution is 5.27. The number of nitrogens with one attached hydrogen (secondary N) is 1. The molecule has 0 atom stereocenters. The minimum atomic E-state index is 0.116. The lowest BCUT2D eigenvalue weighted by atomic mass is 9.90. The summed E-state index contributed by atoms with van der Waals surface area (Å²) in [5.74, 6) is 3.23. The van der Waals surface area contributed by atoms with Gasteiger partial charge >= 0.3 is 0 Å². The predicted molar refractivity (Wildman–Crippen MR) is 78.0 cm³/mol. The van der Waals surface area contributed by atoms with Crippen LogP contribution in [0.4, 0.5) is 0 Å². The minimum absolute atomic E-state index is 0.116. The number of aliphatic hydroxyl groups is 1. The molecule has 0 radical (unpaired) electrons. The van der Waals surface area contributed by atoms with Crippen molar-refractivity contribution in [2.75, 3.05) is 19.8 Å². The van der Waals surface area contributed by atoms with Crippen molar-refractivity contribution >= 4 is 0 Å². The van der Waals surface area contributed by atoms with E-state index in [2.05, 4.69) is 25.1 Å². The maximum atomic E-state index is 8.96. The highest BCUT2D eigenvalue weighted by Gasteiger charge is 2.16. The summed E-state index contributed by atoms with van der Waals surface area (Å²) in [4.78, 5) is 0. The van der Waals surface area contributed by atoms with Gasteiger partial charge in [0.1, 0.15) is 12.4 Å². The summed E-state index contributed by atoms with van der Waals surface area (Å²) in [6, 6.07) is 7.90. The van der Waals surface area contributed by atoms with Crippen molar-refractivity contribution < 1.29 is 9.84 Å². The van der Waals surface area contributed by atoms with Gasteiger partial charge in [-0.1, -0.05) is 31.9 Å². The summed E-state index contributed by atoms with van der Waals surface area (Å²) in [6.45, 7) is 6.51. The lowest BCUT2D eigenvalue weighted by Crippen LogP contribution is -2.29. The fourth-order valence-electron chi connectivity index (χ4n) is 1.76. The largest absolute Gasteiger partial charge is 0.481 e. The summed E-state index contributed by atoms with van der Waals surface area (Å²) < 4.78 is 5.32. The van der Waals surface area contributed by atoms with Crippen LogP contribution in [0.2, 0.25) is 0 Å². The monoisotopic (exact) mass is 261 g/mol. The number of terminal acetylenes is 1. The summed E-state index contributed by atoms with van der Waals surface area (Å²) in [7, 11) is 0. The van der Waals surface area contributed by atoms with Crippen LogP contribution in [0.5, 0.6) is 5.75 Å². The van der Waals surface area contributed by atoms with Crippen molar-refractivity contribution in [3.8, 4) is 18.1 Å². The molecule has 0 unspecified atom stereocenters. The smallest absolute Gasteiger partial charge is 0.148 e. The molecule has 19 heavy (non-hydrogen) atoms. The van der Waals surface area contributed by atoms with E-state index in [1.807, 2.05) is 24.3 Å². The van der Waals surface area contributed by atoms with Gasteiger partial charge < -0.3 is 15.2 Å². The minimum Gasteiger partial charge on any atom is -0.481 e. The number of benzene rings is 1. The SMILES string of the molecule is C#CCOc1ccc(CNCC(C)(C)CCO)cc1. The van der Waals surface area contributed by atoms with Crippen LogP contribution in [0.3, 0.4) is 0 Å². The highest BCUT2D eigenvalue weighted by Crippen LogP contribution is 2.18. The first-order valence-corrected chi connectivity index (χ1v) is 6.54. The van der Waals surface area contributed by atoms with Crippen LogP contribution < -0.4 is 10.1 Å². The number of ether oxygens (including phenoxy) is 1. The van der Waals surface area contributed by atoms with Crippen LogP contribution in [-0.2, 0) is 6.54 Å². The third-order valence-electron chi connectivity index (χ3n) is 2.97. The van der Waals surface area contributed by atoms with Gasteiger partial charge in [0.25, 0.3) is 0 Å². The molecule has 1 rings (SSSR count). The Morgan fingerprint density at radius 1 is 1.32 bits per heavy atom. The Morgan fingerprint density at radius 3 is 2.58 bits per heavy atom. The molecule has 3 nitrogen and oxygen atoms in total. The molecule has 0 spiro atoms. The van der Waals surface area contributed by atoms with E-state index in [-0.39, 0.29) is 12.0 Å². The normalized spacial score (nSPS) is 11.1. The van der Waals surface area contributed by atoms with Gasteiger partial charge in [0.05, 0.1) is 0 Å². The Balaban J connectivity index is 2.36. The number of rotatable bonds is 8. The number of hydrogen-bond donors (Lipinski definition) is 2. The molecule has 104 valence electrons. The first-order valence-electron chi connectivity index (χ1n) is 6.54. The second-order valence-corrected chi connectivity index (χ2v) is 5.38. The molecule has 0 aliphatic heterocycles. The standard InChI is InChI=1S/C16H23NO2/c1-4-11-19-15-7-5-14(6-8-15)12-17-13-16(2,3)9-10-18/h1,5-8,17-18H,9-13H2,2-3H3. The molecule has 0 aliphatic rings. The zero-order valence-electron chi connectivity index (χ0n) is 11.8. The molecule has 0 saturated carbocycles. The van der Waals surface area contributed by atoms with Gasteiger partial charge in [-0.25, -0.2) is 0 Å². The van der Waals surface area contributed by atoms with Gasteiger partial charge in [-0.3, -0.25) is 0 Å². The van der Waals surface area contributed by atoms with Crippen molar-refractivity contribution in [2.45, 2.75) is 26.8 Å². The molecular weight excluding hydrogens is 238 g/mol. The average molecular weight is 261 g/mol. The lowest BCUT2D eigenvalue weighted by molar-refractivity contribution is 0.207. The Hall–Kier alpha value is -1.50. The maximum Gasteiger partial charge on any atom is 0.148 e. The quantitative estimate of drug-likeness (QED) is 0.705. The van der Waals surface area contributed by atoms with E-state index < -0.39 is 0 Å². The van der Waals surface area contributed by atoms with E-state index in [1.165, 1.54) is 5.56 Å². The Morgan fingerprint density at radius 2 is 2.00 bits per heavy atom. The molecule has 2 N–H and O–H groups in total. The van der Waals surface area contributed by atoms with Crippen molar-refractivity contribution in [3.63, 3.8) is 0 Å². The van der Waals surface area contributed by atoms with Gasteiger partial charge in [0, 0.05) is 19.7 Å². The van der Waals surface area contributed by atoms with Crippen molar-refractivity contribution in [1.29, 1.82) is 0 Å². The Bertz CT molecular complexity index is 404. The average Bonchev–Trinajstić information content (AvgIpc) is 2.37. The second kappa shape index (κ2) is 7.83. The first-order chi connectivity index (χ1) is 9.07. The van der Waals surface area contributed by atoms with E-state index >= 15 is 0 Å². The molecular formula is C16H23NO2. The molecule has 0 heterocycles. The summed E-state index contributed by atoms with van der Waals surface area (Å²) in [5.41, 5.74) is 1.32. The molecule has 1 aromatic rings. The van der Waals surface area contributed by atoms with E-state index in [0.717, 1.165) is 25.3 Å². The molecule has 0 aliphatic carbocycles. The van der Waals surface area contributed by atoms with E-state index in [4.69, 9.17) is 16.3 Å². The van der Waals surface area contributed by atoms with Gasteiger partial charge in [0.15, 0.2) is 0 Å². The maximum absolute atomic E-state index is 8.96. The van der Waals surface area contributed by atoms with Crippen LogP contribution in [0.1, 0.15) is 25.8 Å². The molecule has 0 fully saturated rings. The van der Waals surface area contributed by atoms with E-state index in [0.29, 0.717) is 6.61 Å².